The smallest absolute Gasteiger partial charge is 0.109 e. The van der Waals surface area contributed by atoms with Gasteiger partial charge in [0.1, 0.15) is 22.1 Å². The fourth-order valence-corrected chi connectivity index (χ4v) is 8.84. The maximum atomic E-state index is 12.7. The molecule has 1 atom stereocenters. The van der Waals surface area contributed by atoms with Crippen LogP contribution in [-0.4, -0.2) is 33.3 Å². The van der Waals surface area contributed by atoms with Gasteiger partial charge in [-0.15, -0.1) is 0 Å². The molecular formula is C41H37O3P3. The van der Waals surface area contributed by atoms with Crippen LogP contribution in [0.25, 0.3) is 65.7 Å². The zero-order valence-electron chi connectivity index (χ0n) is 27.2. The van der Waals surface area contributed by atoms with E-state index in [0.29, 0.717) is 0 Å². The molecule has 0 bridgehead atoms. The lowest BCUT2D eigenvalue weighted by Crippen LogP contribution is -2.01. The van der Waals surface area contributed by atoms with Crippen molar-refractivity contribution in [3.63, 3.8) is 0 Å². The normalized spacial score (nSPS) is 13.0. The standard InChI is InChI=1S/C41H37O3P3/c1-45(42)33-15-6-27(7-16-33)30-12-21-36-39(24-30)37-22-13-31(28-8-17-34(18-9-28)46(2,3)43)26-41(37)38-23-14-32(25-40(36)38)29-10-19-35(20-11-29)47(4,5)44/h6-26,45H,1-5H3. The van der Waals surface area contributed by atoms with Gasteiger partial charge in [-0.3, -0.25) is 0 Å². The molecule has 7 rings (SSSR count). The highest BCUT2D eigenvalue weighted by molar-refractivity contribution is 7.70. The van der Waals surface area contributed by atoms with Gasteiger partial charge in [-0.25, -0.2) is 0 Å². The minimum atomic E-state index is -2.34. The molecule has 1 unspecified atom stereocenters. The van der Waals surface area contributed by atoms with Gasteiger partial charge in [0.05, 0.1) is 0 Å². The van der Waals surface area contributed by atoms with Crippen molar-refractivity contribution in [3.8, 4) is 33.4 Å². The maximum Gasteiger partial charge on any atom is 0.109 e. The average molecular weight is 671 g/mol. The first kappa shape index (κ1) is 31.6. The fourth-order valence-electron chi connectivity index (χ4n) is 6.47. The molecule has 0 fully saturated rings. The summed E-state index contributed by atoms with van der Waals surface area (Å²) in [6.45, 7) is 8.99. The van der Waals surface area contributed by atoms with Crippen LogP contribution in [-0.2, 0) is 13.7 Å². The Morgan fingerprint density at radius 3 is 0.936 bits per heavy atom. The molecule has 3 nitrogen and oxygen atoms in total. The molecule has 0 N–H and O–H groups in total. The lowest BCUT2D eigenvalue weighted by Gasteiger charge is -2.15. The molecule has 7 aromatic rings. The summed E-state index contributed by atoms with van der Waals surface area (Å²) in [5, 5.41) is 9.69. The van der Waals surface area contributed by atoms with Gasteiger partial charge in [-0.2, -0.15) is 0 Å². The van der Waals surface area contributed by atoms with Crippen LogP contribution in [0.15, 0.2) is 127 Å². The molecule has 0 aromatic heterocycles. The van der Waals surface area contributed by atoms with Crippen LogP contribution in [0.5, 0.6) is 0 Å². The minimum absolute atomic E-state index is 0.881. The number of hydrogen-bond donors (Lipinski definition) is 0. The van der Waals surface area contributed by atoms with E-state index in [0.717, 1.165) is 49.3 Å². The lowest BCUT2D eigenvalue weighted by atomic mass is 9.89. The molecule has 0 saturated heterocycles. The zero-order chi connectivity index (χ0) is 33.1. The van der Waals surface area contributed by atoms with Gasteiger partial charge in [0.25, 0.3) is 0 Å². The van der Waals surface area contributed by atoms with Crippen LogP contribution in [0.1, 0.15) is 0 Å². The van der Waals surface area contributed by atoms with Crippen molar-refractivity contribution in [1.82, 2.24) is 0 Å². The van der Waals surface area contributed by atoms with E-state index in [2.05, 4.69) is 91.0 Å². The van der Waals surface area contributed by atoms with Crippen molar-refractivity contribution in [2.45, 2.75) is 0 Å². The minimum Gasteiger partial charge on any atom is -0.322 e. The highest BCUT2D eigenvalue weighted by Gasteiger charge is 2.15. The van der Waals surface area contributed by atoms with Crippen molar-refractivity contribution in [1.29, 1.82) is 0 Å². The molecule has 6 heteroatoms. The average Bonchev–Trinajstić information content (AvgIpc) is 3.07. The van der Waals surface area contributed by atoms with Crippen molar-refractivity contribution in [2.24, 2.45) is 0 Å². The molecule has 0 aliphatic carbocycles. The van der Waals surface area contributed by atoms with Crippen LogP contribution in [0.4, 0.5) is 0 Å². The SMILES string of the molecule is C[PH](=O)c1ccc(-c2ccc3c(c2)c2ccc(-c4ccc(P(C)(C)=O)cc4)cc2c2ccc(-c4ccc(P(C)(C)=O)cc4)cc32)cc1. The summed E-state index contributed by atoms with van der Waals surface area (Å²) in [5.41, 5.74) is 6.59. The van der Waals surface area contributed by atoms with E-state index in [9.17, 15) is 13.7 Å². The number of rotatable bonds is 6. The van der Waals surface area contributed by atoms with E-state index < -0.39 is 22.1 Å². The molecule has 0 amide bonds. The summed E-state index contributed by atoms with van der Waals surface area (Å²) in [6, 6.07) is 44.3. The van der Waals surface area contributed by atoms with Crippen molar-refractivity contribution in [2.75, 3.05) is 33.3 Å². The Morgan fingerprint density at radius 1 is 0.383 bits per heavy atom. The van der Waals surface area contributed by atoms with E-state index >= 15 is 0 Å². The van der Waals surface area contributed by atoms with Gasteiger partial charge < -0.3 is 13.7 Å². The Balaban J connectivity index is 1.45. The molecular weight excluding hydrogens is 633 g/mol. The lowest BCUT2D eigenvalue weighted by molar-refractivity contribution is 0.587. The van der Waals surface area contributed by atoms with Crippen LogP contribution >= 0.6 is 22.1 Å². The molecule has 7 aromatic carbocycles. The zero-order valence-corrected chi connectivity index (χ0v) is 30.0. The second-order valence-corrected chi connectivity index (χ2v) is 21.3. The van der Waals surface area contributed by atoms with Gasteiger partial charge in [0, 0.05) is 15.9 Å². The quantitative estimate of drug-likeness (QED) is 0.131. The van der Waals surface area contributed by atoms with E-state index in [1.165, 1.54) is 32.3 Å². The number of fused-ring (bicyclic) bond motifs is 6. The third-order valence-corrected chi connectivity index (χ3v) is 13.4. The van der Waals surface area contributed by atoms with Crippen molar-refractivity contribution >= 4 is 70.3 Å². The highest BCUT2D eigenvalue weighted by Crippen LogP contribution is 2.41. The first-order valence-electron chi connectivity index (χ1n) is 15.7. The van der Waals surface area contributed by atoms with Gasteiger partial charge in [-0.05, 0) is 117 Å². The summed E-state index contributed by atoms with van der Waals surface area (Å²) < 4.78 is 37.4. The van der Waals surface area contributed by atoms with E-state index in [4.69, 9.17) is 0 Å². The summed E-state index contributed by atoms with van der Waals surface area (Å²) in [6.07, 6.45) is 0. The van der Waals surface area contributed by atoms with Crippen LogP contribution in [0.3, 0.4) is 0 Å². The predicted octanol–water partition coefficient (Wildman–Crippen LogP) is 10.5. The summed E-state index contributed by atoms with van der Waals surface area (Å²) in [4.78, 5) is 0. The Morgan fingerprint density at radius 2 is 0.660 bits per heavy atom. The predicted molar refractivity (Wildman–Crippen MR) is 208 cm³/mol. The first-order chi connectivity index (χ1) is 22.4. The number of benzene rings is 7. The molecule has 0 aliphatic rings. The van der Waals surface area contributed by atoms with Gasteiger partial charge in [0.2, 0.25) is 0 Å². The van der Waals surface area contributed by atoms with E-state index in [1.54, 1.807) is 33.3 Å². The Kier molecular flexibility index (Phi) is 8.01. The molecule has 47 heavy (non-hydrogen) atoms. The van der Waals surface area contributed by atoms with Crippen LogP contribution in [0.2, 0.25) is 0 Å². The molecule has 0 aliphatic heterocycles. The van der Waals surface area contributed by atoms with Crippen LogP contribution < -0.4 is 15.9 Å². The largest absolute Gasteiger partial charge is 0.322 e. The summed E-state index contributed by atoms with van der Waals surface area (Å²) in [7, 11) is -6.42. The monoisotopic (exact) mass is 670 g/mol. The van der Waals surface area contributed by atoms with Crippen molar-refractivity contribution < 1.29 is 13.7 Å². The molecule has 0 heterocycles. The van der Waals surface area contributed by atoms with E-state index in [1.807, 2.05) is 36.4 Å². The molecule has 0 radical (unpaired) electrons. The van der Waals surface area contributed by atoms with Crippen molar-refractivity contribution in [3.05, 3.63) is 127 Å². The Hall–Kier alpha value is -3.99. The Bertz CT molecular complexity index is 2350. The first-order valence-corrected chi connectivity index (χ1v) is 22.8. The van der Waals surface area contributed by atoms with Crippen LogP contribution in [0, 0.1) is 0 Å². The molecule has 0 spiro atoms. The van der Waals surface area contributed by atoms with Gasteiger partial charge in [0.15, 0.2) is 0 Å². The maximum absolute atomic E-state index is 12.7. The van der Waals surface area contributed by atoms with E-state index in [-0.39, 0.29) is 0 Å². The number of hydrogen-bond acceptors (Lipinski definition) is 3. The third kappa shape index (κ3) is 6.10. The summed E-state index contributed by atoms with van der Waals surface area (Å²) >= 11 is 0. The molecule has 234 valence electrons. The van der Waals surface area contributed by atoms with Gasteiger partial charge in [-0.1, -0.05) is 109 Å². The molecule has 0 saturated carbocycles. The topological polar surface area (TPSA) is 51.2 Å². The van der Waals surface area contributed by atoms with Gasteiger partial charge >= 0.3 is 0 Å². The highest BCUT2D eigenvalue weighted by atomic mass is 31.2. The Labute approximate surface area is 277 Å². The second kappa shape index (κ2) is 11.9. The second-order valence-electron chi connectivity index (χ2n) is 13.2. The summed E-state index contributed by atoms with van der Waals surface area (Å²) in [5.74, 6) is 0. The third-order valence-electron chi connectivity index (χ3n) is 9.20. The fraction of sp³-hybridized carbons (Fsp3) is 0.122.